The number of halogens is 4. The summed E-state index contributed by atoms with van der Waals surface area (Å²) in [6.07, 6.45) is -11.0. The van der Waals surface area contributed by atoms with Gasteiger partial charge in [0.05, 0.1) is 0 Å². The monoisotopic (exact) mass is 192 g/mol. The first kappa shape index (κ1) is 11.6. The van der Waals surface area contributed by atoms with E-state index >= 15 is 0 Å². The van der Waals surface area contributed by atoms with Crippen LogP contribution in [-0.4, -0.2) is 37.6 Å². The molecule has 12 heavy (non-hydrogen) atoms. The van der Waals surface area contributed by atoms with E-state index in [0.29, 0.717) is 0 Å². The molecule has 0 heterocycles. The maximum absolute atomic E-state index is 11.7. The van der Waals surface area contributed by atoms with Crippen molar-refractivity contribution in [2.75, 3.05) is 7.11 Å². The van der Waals surface area contributed by atoms with Gasteiger partial charge in [0.25, 0.3) is 12.9 Å². The molecule has 0 aliphatic rings. The minimum absolute atomic E-state index is 0.856. The van der Waals surface area contributed by atoms with E-state index in [1.165, 1.54) is 0 Å². The van der Waals surface area contributed by atoms with E-state index < -0.39 is 25.4 Å². The van der Waals surface area contributed by atoms with Crippen molar-refractivity contribution in [3.63, 3.8) is 0 Å². The average molecular weight is 192 g/mol. The van der Waals surface area contributed by atoms with Gasteiger partial charge in [-0.05, 0) is 0 Å². The van der Waals surface area contributed by atoms with Crippen molar-refractivity contribution in [2.45, 2.75) is 25.4 Å². The third-order valence-corrected chi connectivity index (χ3v) is 0.927. The van der Waals surface area contributed by atoms with E-state index in [1.807, 2.05) is 0 Å². The van der Waals surface area contributed by atoms with Crippen LogP contribution in [0.15, 0.2) is 0 Å². The van der Waals surface area contributed by atoms with Gasteiger partial charge in [-0.25, -0.2) is 17.6 Å². The number of methoxy groups -OCH3 is 1. The molecule has 2 unspecified atom stereocenters. The molecule has 0 aromatic rings. The average Bonchev–Trinajstić information content (AvgIpc) is 1.98. The Morgan fingerprint density at radius 3 is 1.83 bits per heavy atom. The summed E-state index contributed by atoms with van der Waals surface area (Å²) in [7, 11) is 0.856. The second-order valence-electron chi connectivity index (χ2n) is 1.80. The number of alkyl halides is 4. The van der Waals surface area contributed by atoms with Gasteiger partial charge in [0.1, 0.15) is 0 Å². The number of aliphatic hydroxyl groups is 1. The summed E-state index contributed by atoms with van der Waals surface area (Å²) in [4.78, 5) is 0. The summed E-state index contributed by atoms with van der Waals surface area (Å²) in [5.41, 5.74) is 0. The Balaban J connectivity index is 3.85. The molecule has 3 nitrogen and oxygen atoms in total. The Labute approximate surface area is 65.9 Å². The molecule has 74 valence electrons. The maximum atomic E-state index is 11.7. The van der Waals surface area contributed by atoms with Gasteiger partial charge in [-0.15, -0.1) is 0 Å². The molecule has 2 atom stereocenters. The molecule has 0 rings (SSSR count). The molecular weight excluding hydrogens is 184 g/mol. The largest absolute Gasteiger partial charge is 0.363 e. The van der Waals surface area contributed by atoms with Crippen LogP contribution in [0.1, 0.15) is 0 Å². The molecule has 0 aromatic carbocycles. The Kier molecular flexibility index (Phi) is 5.11. The summed E-state index contributed by atoms with van der Waals surface area (Å²) >= 11 is 0. The van der Waals surface area contributed by atoms with Crippen LogP contribution in [0.4, 0.5) is 17.6 Å². The van der Waals surface area contributed by atoms with Gasteiger partial charge in [0.2, 0.25) is 12.6 Å². The van der Waals surface area contributed by atoms with Crippen molar-refractivity contribution < 1.29 is 32.1 Å². The molecule has 0 amide bonds. The first-order valence-electron chi connectivity index (χ1n) is 2.91. The van der Waals surface area contributed by atoms with Crippen LogP contribution in [0, 0.1) is 0 Å². The van der Waals surface area contributed by atoms with Crippen LogP contribution >= 0.6 is 0 Å². The number of hydrogen-bond donors (Lipinski definition) is 1. The van der Waals surface area contributed by atoms with Crippen LogP contribution in [-0.2, 0) is 9.47 Å². The van der Waals surface area contributed by atoms with Crippen molar-refractivity contribution >= 4 is 0 Å². The molecule has 1 N–H and O–H groups in total. The third kappa shape index (κ3) is 3.84. The molecule has 0 aromatic heterocycles. The van der Waals surface area contributed by atoms with Gasteiger partial charge in [0.15, 0.2) is 0 Å². The lowest BCUT2D eigenvalue weighted by Crippen LogP contribution is -2.33. The number of ether oxygens (including phenoxy) is 2. The molecule has 0 bridgehead atoms. The Bertz CT molecular complexity index is 121. The molecule has 7 heteroatoms. The van der Waals surface area contributed by atoms with E-state index in [1.54, 1.807) is 0 Å². The molecule has 0 aliphatic carbocycles. The quantitative estimate of drug-likeness (QED) is 0.517. The van der Waals surface area contributed by atoms with E-state index in [2.05, 4.69) is 9.47 Å². The Morgan fingerprint density at radius 2 is 1.58 bits per heavy atom. The van der Waals surface area contributed by atoms with Crippen LogP contribution in [0.25, 0.3) is 0 Å². The van der Waals surface area contributed by atoms with Crippen LogP contribution in [0.5, 0.6) is 0 Å². The highest BCUT2D eigenvalue weighted by Crippen LogP contribution is 2.11. The zero-order chi connectivity index (χ0) is 9.72. The van der Waals surface area contributed by atoms with Crippen LogP contribution in [0.3, 0.4) is 0 Å². The second kappa shape index (κ2) is 5.28. The fraction of sp³-hybridized carbons (Fsp3) is 1.00. The fourth-order valence-corrected chi connectivity index (χ4v) is 0.415. The van der Waals surface area contributed by atoms with E-state index in [-0.39, 0.29) is 0 Å². The molecule has 0 fully saturated rings. The Hall–Kier alpha value is -0.400. The van der Waals surface area contributed by atoms with Crippen LogP contribution < -0.4 is 0 Å². The van der Waals surface area contributed by atoms with Gasteiger partial charge < -0.3 is 14.6 Å². The number of aliphatic hydroxyl groups excluding tert-OH is 1. The molecule has 0 saturated heterocycles. The maximum Gasteiger partial charge on any atom is 0.288 e. The van der Waals surface area contributed by atoms with Crippen molar-refractivity contribution in [3.05, 3.63) is 0 Å². The van der Waals surface area contributed by atoms with Crippen LogP contribution in [0.2, 0.25) is 0 Å². The molecule has 0 spiro atoms. The minimum atomic E-state index is -3.23. The summed E-state index contributed by atoms with van der Waals surface area (Å²) in [6.45, 7) is 0. The normalized spacial score (nSPS) is 17.0. The van der Waals surface area contributed by atoms with Crippen molar-refractivity contribution in [1.29, 1.82) is 0 Å². The predicted octanol–water partition coefficient (Wildman–Crippen LogP) is 0.824. The predicted molar refractivity (Wildman–Crippen MR) is 29.9 cm³/mol. The molecular formula is C5H8F4O3. The zero-order valence-electron chi connectivity index (χ0n) is 6.08. The highest BCUT2D eigenvalue weighted by Gasteiger charge is 2.28. The van der Waals surface area contributed by atoms with Crippen molar-refractivity contribution in [3.8, 4) is 0 Å². The first-order valence-corrected chi connectivity index (χ1v) is 2.91. The zero-order valence-corrected chi connectivity index (χ0v) is 6.08. The summed E-state index contributed by atoms with van der Waals surface area (Å²) in [6, 6.07) is 0. The second-order valence-corrected chi connectivity index (χ2v) is 1.80. The van der Waals surface area contributed by atoms with Crippen molar-refractivity contribution in [2.24, 2.45) is 0 Å². The molecule has 0 radical (unpaired) electrons. The highest BCUT2D eigenvalue weighted by atomic mass is 19.3. The summed E-state index contributed by atoms with van der Waals surface area (Å²) in [5, 5.41) is 8.29. The highest BCUT2D eigenvalue weighted by molar-refractivity contribution is 4.50. The van der Waals surface area contributed by atoms with E-state index in [0.717, 1.165) is 7.11 Å². The van der Waals surface area contributed by atoms with E-state index in [9.17, 15) is 17.6 Å². The lowest BCUT2D eigenvalue weighted by atomic mass is 10.6. The first-order chi connectivity index (χ1) is 5.49. The standard InChI is InChI=1S/C5H8F4O3/c1-11-5(3(8)9)12-4(10)2(6)7/h2-5,10H,1H3. The molecule has 0 saturated carbocycles. The van der Waals surface area contributed by atoms with Gasteiger partial charge in [-0.3, -0.25) is 0 Å². The van der Waals surface area contributed by atoms with E-state index in [4.69, 9.17) is 5.11 Å². The molecule has 0 aliphatic heterocycles. The number of hydrogen-bond acceptors (Lipinski definition) is 3. The SMILES string of the molecule is COC(OC(O)C(F)F)C(F)F. The van der Waals surface area contributed by atoms with Gasteiger partial charge in [0, 0.05) is 7.11 Å². The van der Waals surface area contributed by atoms with Gasteiger partial charge >= 0.3 is 0 Å². The fourth-order valence-electron chi connectivity index (χ4n) is 0.415. The lowest BCUT2D eigenvalue weighted by molar-refractivity contribution is -0.286. The smallest absolute Gasteiger partial charge is 0.288 e. The summed E-state index contributed by atoms with van der Waals surface area (Å²) in [5.74, 6) is 0. The lowest BCUT2D eigenvalue weighted by Gasteiger charge is -2.18. The number of rotatable bonds is 5. The van der Waals surface area contributed by atoms with Gasteiger partial charge in [-0.2, -0.15) is 0 Å². The summed E-state index contributed by atoms with van der Waals surface area (Å²) < 4.78 is 54.2. The van der Waals surface area contributed by atoms with Crippen molar-refractivity contribution in [1.82, 2.24) is 0 Å². The Morgan fingerprint density at radius 1 is 1.08 bits per heavy atom. The minimum Gasteiger partial charge on any atom is -0.363 e. The topological polar surface area (TPSA) is 38.7 Å². The van der Waals surface area contributed by atoms with Gasteiger partial charge in [-0.1, -0.05) is 0 Å². The third-order valence-electron chi connectivity index (χ3n) is 0.927.